The molecule has 4 unspecified atom stereocenters. The van der Waals surface area contributed by atoms with E-state index in [-0.39, 0.29) is 23.8 Å². The summed E-state index contributed by atoms with van der Waals surface area (Å²) in [4.78, 5) is 27.7. The number of anilines is 1. The van der Waals surface area contributed by atoms with Crippen molar-refractivity contribution in [1.29, 1.82) is 0 Å². The SMILES string of the molecule is O=C(NC1CN2CCC1CC2)c1noc(-c2cnc3[nH]ccc3c2NC2[C@@H]3CC4C[C@H]2CC(O)(C4)C3)n1. The number of nitrogens with one attached hydrogen (secondary N) is 3. The summed E-state index contributed by atoms with van der Waals surface area (Å²) in [6.45, 7) is 3.13. The van der Waals surface area contributed by atoms with Gasteiger partial charge in [0.1, 0.15) is 5.65 Å². The summed E-state index contributed by atoms with van der Waals surface area (Å²) in [5, 5.41) is 23.1. The topological polar surface area (TPSA) is 132 Å². The van der Waals surface area contributed by atoms with Gasteiger partial charge < -0.3 is 30.1 Å². The van der Waals surface area contributed by atoms with Crippen LogP contribution in [0.15, 0.2) is 23.0 Å². The highest BCUT2D eigenvalue weighted by Crippen LogP contribution is 2.56. The molecule has 3 aliphatic heterocycles. The van der Waals surface area contributed by atoms with E-state index in [1.165, 1.54) is 0 Å². The van der Waals surface area contributed by atoms with E-state index in [1.54, 1.807) is 6.20 Å². The smallest absolute Gasteiger partial charge is 0.292 e. The van der Waals surface area contributed by atoms with E-state index in [0.717, 1.165) is 81.3 Å². The molecule has 6 heterocycles. The Morgan fingerprint density at radius 3 is 2.70 bits per heavy atom. The number of carbonyl (C=O) groups is 1. The maximum Gasteiger partial charge on any atom is 0.292 e. The van der Waals surface area contributed by atoms with Crippen LogP contribution in [-0.4, -0.2) is 73.3 Å². The number of H-pyrrole nitrogens is 1. The fourth-order valence-electron chi connectivity index (χ4n) is 8.50. The van der Waals surface area contributed by atoms with Crippen molar-refractivity contribution in [2.75, 3.05) is 25.0 Å². The third-order valence-electron chi connectivity index (χ3n) is 9.97. The molecule has 10 rings (SSSR count). The van der Waals surface area contributed by atoms with Gasteiger partial charge in [0.15, 0.2) is 0 Å². The number of aliphatic hydroxyl groups is 1. The molecule has 3 aromatic rings. The van der Waals surface area contributed by atoms with Gasteiger partial charge >= 0.3 is 0 Å². The maximum atomic E-state index is 13.0. The number of piperidine rings is 3. The van der Waals surface area contributed by atoms with Gasteiger partial charge in [-0.1, -0.05) is 5.16 Å². The Kier molecular flexibility index (Phi) is 4.77. The van der Waals surface area contributed by atoms with Crippen molar-refractivity contribution < 1.29 is 14.4 Å². The average Bonchev–Trinajstić information content (AvgIpc) is 3.56. The molecule has 0 spiro atoms. The molecular formula is C27H33N7O3. The zero-order chi connectivity index (χ0) is 24.7. The minimum Gasteiger partial charge on any atom is -0.390 e. The van der Waals surface area contributed by atoms with E-state index in [2.05, 4.69) is 35.6 Å². The van der Waals surface area contributed by atoms with Crippen molar-refractivity contribution in [2.45, 2.75) is 62.6 Å². The Labute approximate surface area is 214 Å². The fraction of sp³-hybridized carbons (Fsp3) is 0.630. The Balaban J connectivity index is 1.08. The normalized spacial score (nSPS) is 37.8. The van der Waals surface area contributed by atoms with Crippen LogP contribution in [0.25, 0.3) is 22.5 Å². The third-order valence-corrected chi connectivity index (χ3v) is 9.97. The molecule has 4 aliphatic carbocycles. The summed E-state index contributed by atoms with van der Waals surface area (Å²) < 4.78 is 5.65. The standard InChI is InChI=1S/C27H33N7O3/c35-25(30-20-13-34-5-2-15(20)3-6-34)24-32-26(37-33-24)19-12-29-23-18(1-4-28-23)22(19)31-21-16-7-14-8-17(21)11-27(36,9-14)10-16/h1,4,12,14-17,20-21,36H,2-3,5-11,13H2,(H,30,35)(H2,28,29,31)/t14?,16-,17+,20?,21?,27?. The number of rotatable bonds is 5. The third kappa shape index (κ3) is 3.59. The molecule has 194 valence electrons. The van der Waals surface area contributed by atoms with Crippen LogP contribution in [0.3, 0.4) is 0 Å². The summed E-state index contributed by atoms with van der Waals surface area (Å²) in [6, 6.07) is 2.42. The van der Waals surface area contributed by atoms with E-state index < -0.39 is 5.60 Å². The molecule has 10 nitrogen and oxygen atoms in total. The van der Waals surface area contributed by atoms with Crippen LogP contribution in [0.2, 0.25) is 0 Å². The second-order valence-corrected chi connectivity index (χ2v) is 12.3. The largest absolute Gasteiger partial charge is 0.390 e. The van der Waals surface area contributed by atoms with Gasteiger partial charge in [0.2, 0.25) is 0 Å². The van der Waals surface area contributed by atoms with Gasteiger partial charge in [-0.2, -0.15) is 4.98 Å². The highest BCUT2D eigenvalue weighted by Gasteiger charge is 2.55. The van der Waals surface area contributed by atoms with Gasteiger partial charge in [-0.25, -0.2) is 4.98 Å². The highest BCUT2D eigenvalue weighted by molar-refractivity contribution is 5.97. The molecule has 7 aliphatic rings. The first-order valence-electron chi connectivity index (χ1n) is 13.8. The summed E-state index contributed by atoms with van der Waals surface area (Å²) in [5.41, 5.74) is 1.91. The van der Waals surface area contributed by atoms with Gasteiger partial charge in [-0.15, -0.1) is 0 Å². The molecule has 0 radical (unpaired) electrons. The average molecular weight is 504 g/mol. The van der Waals surface area contributed by atoms with Crippen molar-refractivity contribution in [3.05, 3.63) is 24.3 Å². The lowest BCUT2D eigenvalue weighted by molar-refractivity contribution is -0.129. The van der Waals surface area contributed by atoms with Crippen molar-refractivity contribution in [2.24, 2.45) is 23.7 Å². The second-order valence-electron chi connectivity index (χ2n) is 12.3. The first kappa shape index (κ1) is 22.0. The molecule has 10 heteroatoms. The van der Waals surface area contributed by atoms with E-state index in [1.807, 2.05) is 12.3 Å². The number of carbonyl (C=O) groups excluding carboxylic acids is 1. The van der Waals surface area contributed by atoms with Crippen molar-refractivity contribution in [1.82, 2.24) is 30.3 Å². The number of aromatic nitrogens is 4. The highest BCUT2D eigenvalue weighted by atomic mass is 16.5. The molecule has 1 amide bonds. The molecule has 4 N–H and O–H groups in total. The van der Waals surface area contributed by atoms with Crippen LogP contribution < -0.4 is 10.6 Å². The molecular weight excluding hydrogens is 470 g/mol. The van der Waals surface area contributed by atoms with Crippen molar-refractivity contribution >= 4 is 22.6 Å². The van der Waals surface area contributed by atoms with Crippen molar-refractivity contribution in [3.63, 3.8) is 0 Å². The van der Waals surface area contributed by atoms with Gasteiger partial charge in [0, 0.05) is 36.4 Å². The summed E-state index contributed by atoms with van der Waals surface area (Å²) in [7, 11) is 0. The minimum absolute atomic E-state index is 0.0587. The van der Waals surface area contributed by atoms with Crippen LogP contribution >= 0.6 is 0 Å². The summed E-state index contributed by atoms with van der Waals surface area (Å²) in [6.07, 6.45) is 10.9. The van der Waals surface area contributed by atoms with E-state index >= 15 is 0 Å². The van der Waals surface area contributed by atoms with Crippen LogP contribution in [0.5, 0.6) is 0 Å². The number of hydrogen-bond donors (Lipinski definition) is 4. The number of nitrogens with zero attached hydrogens (tertiary/aromatic N) is 4. The summed E-state index contributed by atoms with van der Waals surface area (Å²) >= 11 is 0. The Morgan fingerprint density at radius 2 is 1.97 bits per heavy atom. The number of aromatic amines is 1. The first-order chi connectivity index (χ1) is 18.0. The minimum atomic E-state index is -0.483. The Hall–Kier alpha value is -2.98. The maximum absolute atomic E-state index is 13.0. The number of pyridine rings is 1. The van der Waals surface area contributed by atoms with Crippen LogP contribution in [0, 0.1) is 23.7 Å². The number of fused-ring (bicyclic) bond motifs is 4. The predicted molar refractivity (Wildman–Crippen MR) is 136 cm³/mol. The first-order valence-corrected chi connectivity index (χ1v) is 13.8. The molecule has 6 bridgehead atoms. The molecule has 0 aromatic carbocycles. The van der Waals surface area contributed by atoms with Crippen LogP contribution in [0.1, 0.15) is 55.6 Å². The lowest BCUT2D eigenvalue weighted by Gasteiger charge is -2.58. The zero-order valence-electron chi connectivity index (χ0n) is 20.8. The molecule has 4 saturated carbocycles. The van der Waals surface area contributed by atoms with Gasteiger partial charge in [-0.3, -0.25) is 4.79 Å². The lowest BCUT2D eigenvalue weighted by atomic mass is 9.52. The van der Waals surface area contributed by atoms with E-state index in [4.69, 9.17) is 4.52 Å². The van der Waals surface area contributed by atoms with Gasteiger partial charge in [0.05, 0.1) is 16.9 Å². The van der Waals surface area contributed by atoms with E-state index in [0.29, 0.717) is 35.1 Å². The molecule has 6 atom stereocenters. The van der Waals surface area contributed by atoms with Gasteiger partial charge in [-0.05, 0) is 87.8 Å². The molecule has 7 fully saturated rings. The Morgan fingerprint density at radius 1 is 1.16 bits per heavy atom. The zero-order valence-corrected chi connectivity index (χ0v) is 20.8. The van der Waals surface area contributed by atoms with E-state index in [9.17, 15) is 9.90 Å². The summed E-state index contributed by atoms with van der Waals surface area (Å²) in [5.74, 6) is 2.11. The fourth-order valence-corrected chi connectivity index (χ4v) is 8.50. The lowest BCUT2D eigenvalue weighted by Crippen LogP contribution is -2.59. The van der Waals surface area contributed by atoms with Gasteiger partial charge in [0.25, 0.3) is 17.6 Å². The van der Waals surface area contributed by atoms with Crippen LogP contribution in [-0.2, 0) is 0 Å². The molecule has 3 saturated heterocycles. The molecule has 37 heavy (non-hydrogen) atoms. The second kappa shape index (κ2) is 8.01. The Bertz CT molecular complexity index is 1340. The monoisotopic (exact) mass is 503 g/mol. The molecule has 3 aromatic heterocycles. The van der Waals surface area contributed by atoms with Crippen molar-refractivity contribution in [3.8, 4) is 11.5 Å². The number of hydrogen-bond acceptors (Lipinski definition) is 8. The van der Waals surface area contributed by atoms with Crippen LogP contribution in [0.4, 0.5) is 5.69 Å². The quantitative estimate of drug-likeness (QED) is 0.418. The number of amides is 1. The predicted octanol–water partition coefficient (Wildman–Crippen LogP) is 2.79.